The smallest absolute Gasteiger partial charge is 0.161 e. The Kier molecular flexibility index (Phi) is 4.32. The molecule has 0 bridgehead atoms. The molecule has 24 heavy (non-hydrogen) atoms. The summed E-state index contributed by atoms with van der Waals surface area (Å²) in [4.78, 5) is 17.3. The Morgan fingerprint density at radius 3 is 2.50 bits per heavy atom. The Hall–Kier alpha value is -2.17. The highest BCUT2D eigenvalue weighted by molar-refractivity contribution is 5.83. The largest absolute Gasteiger partial charge is 0.489 e. The van der Waals surface area contributed by atoms with Crippen molar-refractivity contribution in [3.05, 3.63) is 65.7 Å². The summed E-state index contributed by atoms with van der Waals surface area (Å²) in [5.41, 5.74) is 2.31. The average Bonchev–Trinajstić information content (AvgIpc) is 3.52. The van der Waals surface area contributed by atoms with Gasteiger partial charge in [-0.05, 0) is 36.1 Å². The number of carbonyl (C=O) groups is 1. The van der Waals surface area contributed by atoms with Gasteiger partial charge in [-0.3, -0.25) is 9.63 Å². The predicted molar refractivity (Wildman–Crippen MR) is 90.0 cm³/mol. The van der Waals surface area contributed by atoms with E-state index in [2.05, 4.69) is 12.1 Å². The van der Waals surface area contributed by atoms with Gasteiger partial charge in [-0.1, -0.05) is 42.5 Å². The quantitative estimate of drug-likeness (QED) is 0.695. The zero-order valence-corrected chi connectivity index (χ0v) is 13.6. The van der Waals surface area contributed by atoms with E-state index in [4.69, 9.17) is 9.57 Å². The highest BCUT2D eigenvalue weighted by atomic mass is 16.8. The second-order valence-corrected chi connectivity index (χ2v) is 6.50. The van der Waals surface area contributed by atoms with Gasteiger partial charge in [0.25, 0.3) is 0 Å². The van der Waals surface area contributed by atoms with Crippen LogP contribution in [0.25, 0.3) is 0 Å². The number of nitrogens with zero attached hydrogens (tertiary/aromatic N) is 1. The second-order valence-electron chi connectivity index (χ2n) is 6.50. The van der Waals surface area contributed by atoms with Crippen LogP contribution in [0.15, 0.2) is 54.6 Å². The number of hydrogen-bond acceptors (Lipinski definition) is 4. The highest BCUT2D eigenvalue weighted by Crippen LogP contribution is 2.35. The molecule has 4 heteroatoms. The molecule has 124 valence electrons. The van der Waals surface area contributed by atoms with Gasteiger partial charge in [-0.15, -0.1) is 0 Å². The number of ether oxygens (including phenoxy) is 1. The molecule has 4 rings (SSSR count). The van der Waals surface area contributed by atoms with E-state index in [1.807, 2.05) is 47.5 Å². The molecule has 0 radical (unpaired) electrons. The summed E-state index contributed by atoms with van der Waals surface area (Å²) in [6.45, 7) is 1.28. The van der Waals surface area contributed by atoms with Crippen LogP contribution < -0.4 is 4.74 Å². The molecular weight excluding hydrogens is 302 g/mol. The summed E-state index contributed by atoms with van der Waals surface area (Å²) >= 11 is 0. The summed E-state index contributed by atoms with van der Waals surface area (Å²) in [6, 6.07) is 18.2. The van der Waals surface area contributed by atoms with Crippen LogP contribution in [-0.2, 0) is 22.8 Å². The zero-order valence-electron chi connectivity index (χ0n) is 13.6. The first-order valence-corrected chi connectivity index (χ1v) is 8.50. The number of benzene rings is 2. The van der Waals surface area contributed by atoms with Gasteiger partial charge >= 0.3 is 0 Å². The first kappa shape index (κ1) is 15.4. The van der Waals surface area contributed by atoms with Crippen molar-refractivity contribution in [2.45, 2.75) is 38.6 Å². The van der Waals surface area contributed by atoms with Crippen molar-refractivity contribution in [1.82, 2.24) is 5.06 Å². The first-order chi connectivity index (χ1) is 11.8. The predicted octanol–water partition coefficient (Wildman–Crippen LogP) is 3.71. The molecule has 1 saturated carbocycles. The summed E-state index contributed by atoms with van der Waals surface area (Å²) < 4.78 is 5.79. The zero-order chi connectivity index (χ0) is 16.4. The highest BCUT2D eigenvalue weighted by Gasteiger charge is 2.41. The van der Waals surface area contributed by atoms with E-state index in [0.29, 0.717) is 31.3 Å². The minimum absolute atomic E-state index is 0.0212. The lowest BCUT2D eigenvalue weighted by atomic mass is 10.2. The molecule has 0 amide bonds. The molecule has 1 heterocycles. The third-order valence-corrected chi connectivity index (χ3v) is 4.45. The van der Waals surface area contributed by atoms with E-state index < -0.39 is 0 Å². The molecular formula is C20H21NO3. The summed E-state index contributed by atoms with van der Waals surface area (Å²) in [6.07, 6.45) is 2.64. The summed E-state index contributed by atoms with van der Waals surface area (Å²) in [5.74, 6) is 1.53. The van der Waals surface area contributed by atoms with Crippen molar-refractivity contribution in [2.24, 2.45) is 5.92 Å². The van der Waals surface area contributed by atoms with Gasteiger partial charge in [0.1, 0.15) is 18.1 Å². The molecule has 1 aliphatic heterocycles. The van der Waals surface area contributed by atoms with Gasteiger partial charge in [0.2, 0.25) is 0 Å². The Morgan fingerprint density at radius 2 is 1.79 bits per heavy atom. The number of hydroxylamine groups is 2. The normalized spacial score (nSPS) is 22.2. The van der Waals surface area contributed by atoms with Crippen LogP contribution in [0.3, 0.4) is 0 Å². The van der Waals surface area contributed by atoms with Gasteiger partial charge in [-0.25, -0.2) is 0 Å². The topological polar surface area (TPSA) is 41.8 Å². The van der Waals surface area contributed by atoms with Crippen LogP contribution in [-0.4, -0.2) is 17.1 Å². The molecule has 0 aromatic heterocycles. The Balaban J connectivity index is 1.23. The maximum Gasteiger partial charge on any atom is 0.161 e. The maximum absolute atomic E-state index is 11.8. The average molecular weight is 323 g/mol. The molecule has 0 spiro atoms. The summed E-state index contributed by atoms with van der Waals surface area (Å²) in [5, 5.41) is 1.88. The van der Waals surface area contributed by atoms with E-state index in [1.54, 1.807) is 0 Å². The molecule has 2 atom stereocenters. The van der Waals surface area contributed by atoms with Gasteiger partial charge in [0.15, 0.2) is 6.23 Å². The first-order valence-electron chi connectivity index (χ1n) is 8.50. The van der Waals surface area contributed by atoms with Crippen molar-refractivity contribution in [1.29, 1.82) is 0 Å². The molecule has 0 N–H and O–H groups in total. The van der Waals surface area contributed by atoms with E-state index in [1.165, 1.54) is 0 Å². The van der Waals surface area contributed by atoms with Crippen LogP contribution in [0.4, 0.5) is 0 Å². The molecule has 2 fully saturated rings. The van der Waals surface area contributed by atoms with E-state index in [-0.39, 0.29) is 6.23 Å². The fourth-order valence-corrected chi connectivity index (χ4v) is 2.76. The lowest BCUT2D eigenvalue weighted by molar-refractivity contribution is -0.120. The Morgan fingerprint density at radius 1 is 1.04 bits per heavy atom. The molecule has 2 aliphatic rings. The number of ketones is 1. The Labute approximate surface area is 141 Å². The van der Waals surface area contributed by atoms with Gasteiger partial charge in [0, 0.05) is 5.92 Å². The Bertz CT molecular complexity index is 695. The minimum Gasteiger partial charge on any atom is -0.489 e. The van der Waals surface area contributed by atoms with Gasteiger partial charge in [0.05, 0.1) is 13.0 Å². The lowest BCUT2D eigenvalue weighted by Crippen LogP contribution is -2.09. The SMILES string of the molecule is O=C(CC1ON1Cc1ccc(OCc2ccccc2)cc1)C1CC1. The van der Waals surface area contributed by atoms with Crippen molar-refractivity contribution in [3.63, 3.8) is 0 Å². The molecule has 2 unspecified atom stereocenters. The maximum atomic E-state index is 11.8. The fourth-order valence-electron chi connectivity index (χ4n) is 2.76. The third kappa shape index (κ3) is 4.02. The van der Waals surface area contributed by atoms with E-state index >= 15 is 0 Å². The molecule has 2 aromatic rings. The summed E-state index contributed by atoms with van der Waals surface area (Å²) in [7, 11) is 0. The number of hydrogen-bond donors (Lipinski definition) is 0. The second kappa shape index (κ2) is 6.75. The van der Waals surface area contributed by atoms with Gasteiger partial charge in [-0.2, -0.15) is 5.06 Å². The molecule has 1 saturated heterocycles. The third-order valence-electron chi connectivity index (χ3n) is 4.45. The monoisotopic (exact) mass is 323 g/mol. The van der Waals surface area contributed by atoms with Crippen LogP contribution in [0.5, 0.6) is 5.75 Å². The van der Waals surface area contributed by atoms with E-state index in [9.17, 15) is 4.79 Å². The molecule has 1 aliphatic carbocycles. The van der Waals surface area contributed by atoms with Crippen LogP contribution >= 0.6 is 0 Å². The number of Topliss-reactive ketones (excluding diaryl/α,β-unsaturated/α-hetero) is 1. The van der Waals surface area contributed by atoms with Crippen molar-refractivity contribution < 1.29 is 14.4 Å². The fraction of sp³-hybridized carbons (Fsp3) is 0.350. The lowest BCUT2D eigenvalue weighted by Gasteiger charge is -2.07. The van der Waals surface area contributed by atoms with Gasteiger partial charge < -0.3 is 4.74 Å². The molecule has 4 nitrogen and oxygen atoms in total. The van der Waals surface area contributed by atoms with Crippen LogP contribution in [0.2, 0.25) is 0 Å². The van der Waals surface area contributed by atoms with E-state index in [0.717, 1.165) is 29.7 Å². The van der Waals surface area contributed by atoms with Crippen molar-refractivity contribution >= 4 is 5.78 Å². The minimum atomic E-state index is -0.0212. The number of rotatable bonds is 8. The standard InChI is InChI=1S/C20H21NO3/c22-19(17-8-9-17)12-20-21(24-20)13-15-6-10-18(11-7-15)23-14-16-4-2-1-3-5-16/h1-7,10-11,17,20H,8-9,12-14H2. The van der Waals surface area contributed by atoms with Crippen LogP contribution in [0.1, 0.15) is 30.4 Å². The van der Waals surface area contributed by atoms with Crippen molar-refractivity contribution in [2.75, 3.05) is 0 Å². The van der Waals surface area contributed by atoms with Crippen LogP contribution in [0, 0.1) is 5.92 Å². The number of carbonyl (C=O) groups excluding carboxylic acids is 1. The molecule has 2 aromatic carbocycles. The van der Waals surface area contributed by atoms with Crippen molar-refractivity contribution in [3.8, 4) is 5.75 Å².